The van der Waals surface area contributed by atoms with E-state index in [4.69, 9.17) is 0 Å². The minimum absolute atomic E-state index is 0.0919. The number of aliphatic hydroxyl groups is 1. The molecule has 0 aliphatic heterocycles. The van der Waals surface area contributed by atoms with Crippen LogP contribution in [0.2, 0.25) is 0 Å². The lowest BCUT2D eigenvalue weighted by atomic mass is 10.1. The van der Waals surface area contributed by atoms with Crippen LogP contribution in [0.3, 0.4) is 0 Å². The standard InChI is InChI=1S/C14H20FNO3/c1-10(2)16(9-14(18)19-3)8-13(17)11-4-6-12(15)7-5-11/h4-7,10,13,17H,8-9H2,1-3H3. The lowest BCUT2D eigenvalue weighted by Gasteiger charge is -2.27. The molecule has 0 aliphatic rings. The first-order chi connectivity index (χ1) is 8.93. The Labute approximate surface area is 112 Å². The third kappa shape index (κ3) is 4.96. The molecule has 0 fully saturated rings. The lowest BCUT2D eigenvalue weighted by molar-refractivity contribution is -0.142. The second-order valence-electron chi connectivity index (χ2n) is 4.67. The van der Waals surface area contributed by atoms with Crippen LogP contribution in [0.1, 0.15) is 25.5 Å². The van der Waals surface area contributed by atoms with Crippen molar-refractivity contribution in [3.63, 3.8) is 0 Å². The number of hydrogen-bond acceptors (Lipinski definition) is 4. The van der Waals surface area contributed by atoms with Crippen LogP contribution in [-0.4, -0.2) is 42.2 Å². The van der Waals surface area contributed by atoms with Crippen molar-refractivity contribution >= 4 is 5.97 Å². The number of aliphatic hydroxyl groups excluding tert-OH is 1. The van der Waals surface area contributed by atoms with Crippen LogP contribution in [0, 0.1) is 5.82 Å². The molecule has 1 aromatic carbocycles. The second kappa shape index (κ2) is 7.21. The predicted molar refractivity (Wildman–Crippen MR) is 70.1 cm³/mol. The summed E-state index contributed by atoms with van der Waals surface area (Å²) in [7, 11) is 1.33. The van der Waals surface area contributed by atoms with Crippen molar-refractivity contribution in [2.45, 2.75) is 26.0 Å². The van der Waals surface area contributed by atoms with E-state index in [-0.39, 0.29) is 24.4 Å². The van der Waals surface area contributed by atoms with Gasteiger partial charge in [0.1, 0.15) is 5.82 Å². The van der Waals surface area contributed by atoms with Gasteiger partial charge < -0.3 is 9.84 Å². The molecule has 1 rings (SSSR count). The van der Waals surface area contributed by atoms with Crippen LogP contribution in [0.25, 0.3) is 0 Å². The summed E-state index contributed by atoms with van der Waals surface area (Å²) in [5, 5.41) is 10.1. The molecule has 1 unspecified atom stereocenters. The highest BCUT2D eigenvalue weighted by Gasteiger charge is 2.19. The topological polar surface area (TPSA) is 49.8 Å². The Morgan fingerprint density at radius 2 is 1.95 bits per heavy atom. The Hall–Kier alpha value is -1.46. The molecule has 0 saturated heterocycles. The number of hydrogen-bond donors (Lipinski definition) is 1. The van der Waals surface area contributed by atoms with Gasteiger partial charge in [0.15, 0.2) is 0 Å². The first kappa shape index (κ1) is 15.6. The number of carbonyl (C=O) groups is 1. The molecule has 1 aromatic rings. The van der Waals surface area contributed by atoms with Gasteiger partial charge in [0, 0.05) is 12.6 Å². The van der Waals surface area contributed by atoms with Gasteiger partial charge in [0.2, 0.25) is 0 Å². The second-order valence-corrected chi connectivity index (χ2v) is 4.67. The van der Waals surface area contributed by atoms with E-state index in [0.29, 0.717) is 12.1 Å². The smallest absolute Gasteiger partial charge is 0.319 e. The van der Waals surface area contributed by atoms with Crippen molar-refractivity contribution in [3.05, 3.63) is 35.6 Å². The van der Waals surface area contributed by atoms with Gasteiger partial charge in [0.05, 0.1) is 19.8 Å². The van der Waals surface area contributed by atoms with Crippen molar-refractivity contribution in [2.75, 3.05) is 20.2 Å². The molecule has 1 atom stereocenters. The van der Waals surface area contributed by atoms with Crippen LogP contribution < -0.4 is 0 Å². The number of nitrogens with zero attached hydrogens (tertiary/aromatic N) is 1. The van der Waals surface area contributed by atoms with Crippen molar-refractivity contribution in [2.24, 2.45) is 0 Å². The van der Waals surface area contributed by atoms with Gasteiger partial charge in [0.25, 0.3) is 0 Å². The van der Waals surface area contributed by atoms with Gasteiger partial charge in [-0.05, 0) is 31.5 Å². The summed E-state index contributed by atoms with van der Waals surface area (Å²) < 4.78 is 17.4. The maximum absolute atomic E-state index is 12.8. The van der Waals surface area contributed by atoms with Gasteiger partial charge in [-0.2, -0.15) is 0 Å². The highest BCUT2D eigenvalue weighted by molar-refractivity contribution is 5.71. The number of ether oxygens (including phenoxy) is 1. The number of rotatable bonds is 6. The van der Waals surface area contributed by atoms with Gasteiger partial charge in [-0.1, -0.05) is 12.1 Å². The molecule has 0 saturated carbocycles. The third-order valence-corrected chi connectivity index (χ3v) is 2.95. The van der Waals surface area contributed by atoms with E-state index >= 15 is 0 Å². The molecule has 0 radical (unpaired) electrons. The van der Waals surface area contributed by atoms with Crippen LogP contribution >= 0.6 is 0 Å². The van der Waals surface area contributed by atoms with Gasteiger partial charge >= 0.3 is 5.97 Å². The van der Waals surface area contributed by atoms with Crippen molar-refractivity contribution in [3.8, 4) is 0 Å². The normalized spacial score (nSPS) is 12.8. The third-order valence-electron chi connectivity index (χ3n) is 2.95. The molecule has 0 heterocycles. The molecule has 4 nitrogen and oxygen atoms in total. The summed E-state index contributed by atoms with van der Waals surface area (Å²) >= 11 is 0. The molecule has 0 bridgehead atoms. The number of halogens is 1. The molecule has 0 spiro atoms. The zero-order valence-electron chi connectivity index (χ0n) is 11.5. The van der Waals surface area contributed by atoms with Gasteiger partial charge in [-0.3, -0.25) is 9.69 Å². The van der Waals surface area contributed by atoms with E-state index in [1.807, 2.05) is 13.8 Å². The van der Waals surface area contributed by atoms with E-state index < -0.39 is 6.10 Å². The number of carbonyl (C=O) groups excluding carboxylic acids is 1. The van der Waals surface area contributed by atoms with E-state index in [0.717, 1.165) is 0 Å². The molecule has 19 heavy (non-hydrogen) atoms. The Morgan fingerprint density at radius 3 is 2.42 bits per heavy atom. The summed E-state index contributed by atoms with van der Waals surface area (Å²) in [5.74, 6) is -0.689. The van der Waals surface area contributed by atoms with Crippen LogP contribution in [0.15, 0.2) is 24.3 Å². The zero-order valence-corrected chi connectivity index (χ0v) is 11.5. The molecular weight excluding hydrogens is 249 g/mol. The highest BCUT2D eigenvalue weighted by atomic mass is 19.1. The molecule has 0 aromatic heterocycles. The molecule has 0 amide bonds. The van der Waals surface area contributed by atoms with Crippen molar-refractivity contribution in [1.29, 1.82) is 0 Å². The summed E-state index contributed by atoms with van der Waals surface area (Å²) in [4.78, 5) is 13.1. The SMILES string of the molecule is COC(=O)CN(CC(O)c1ccc(F)cc1)C(C)C. The monoisotopic (exact) mass is 269 g/mol. The van der Waals surface area contributed by atoms with Crippen molar-refractivity contribution < 1.29 is 19.0 Å². The average molecular weight is 269 g/mol. The molecule has 5 heteroatoms. The fraction of sp³-hybridized carbons (Fsp3) is 0.500. The maximum atomic E-state index is 12.8. The van der Waals surface area contributed by atoms with Gasteiger partial charge in [-0.25, -0.2) is 4.39 Å². The number of esters is 1. The zero-order chi connectivity index (χ0) is 14.4. The summed E-state index contributed by atoms with van der Waals surface area (Å²) in [6, 6.07) is 5.78. The van der Waals surface area contributed by atoms with E-state index in [1.54, 1.807) is 4.90 Å². The fourth-order valence-electron chi connectivity index (χ4n) is 1.70. The van der Waals surface area contributed by atoms with Crippen LogP contribution in [-0.2, 0) is 9.53 Å². The maximum Gasteiger partial charge on any atom is 0.319 e. The number of benzene rings is 1. The fourth-order valence-corrected chi connectivity index (χ4v) is 1.70. The van der Waals surface area contributed by atoms with Crippen LogP contribution in [0.4, 0.5) is 4.39 Å². The van der Waals surface area contributed by atoms with E-state index in [9.17, 15) is 14.3 Å². The average Bonchev–Trinajstić information content (AvgIpc) is 2.38. The van der Waals surface area contributed by atoms with Crippen molar-refractivity contribution in [1.82, 2.24) is 4.90 Å². The summed E-state index contributed by atoms with van der Waals surface area (Å²) in [5.41, 5.74) is 0.622. The molecule has 106 valence electrons. The minimum Gasteiger partial charge on any atom is -0.468 e. The minimum atomic E-state index is -0.771. The molecule has 1 N–H and O–H groups in total. The predicted octanol–water partition coefficient (Wildman–Crippen LogP) is 1.74. The highest BCUT2D eigenvalue weighted by Crippen LogP contribution is 2.16. The first-order valence-corrected chi connectivity index (χ1v) is 6.18. The summed E-state index contributed by atoms with van der Waals surface area (Å²) in [6.07, 6.45) is -0.771. The Kier molecular flexibility index (Phi) is 5.92. The largest absolute Gasteiger partial charge is 0.468 e. The summed E-state index contributed by atoms with van der Waals surface area (Å²) in [6.45, 7) is 4.27. The lowest BCUT2D eigenvalue weighted by Crippen LogP contribution is -2.39. The molecular formula is C14H20FNO3. The van der Waals surface area contributed by atoms with E-state index in [2.05, 4.69) is 4.74 Å². The van der Waals surface area contributed by atoms with Gasteiger partial charge in [-0.15, -0.1) is 0 Å². The quantitative estimate of drug-likeness (QED) is 0.799. The van der Waals surface area contributed by atoms with E-state index in [1.165, 1.54) is 31.4 Å². The first-order valence-electron chi connectivity index (χ1n) is 6.18. The molecule has 0 aliphatic carbocycles. The Balaban J connectivity index is 2.67. The Bertz CT molecular complexity index is 406. The number of methoxy groups -OCH3 is 1. The van der Waals surface area contributed by atoms with Crippen LogP contribution in [0.5, 0.6) is 0 Å². The Morgan fingerprint density at radius 1 is 1.37 bits per heavy atom.